The normalized spacial score (nSPS) is 12.0. The fourth-order valence-electron chi connectivity index (χ4n) is 1.47. The number of nitrogens with zero attached hydrogens (tertiary/aromatic N) is 3. The summed E-state index contributed by atoms with van der Waals surface area (Å²) in [7, 11) is 0. The number of aliphatic hydroxyl groups excluding tert-OH is 2. The topological polar surface area (TPSA) is 97.2 Å². The minimum atomic E-state index is -0.923. The minimum absolute atomic E-state index is 0.229. The maximum absolute atomic E-state index is 9.06. The van der Waals surface area contributed by atoms with Crippen molar-refractivity contribution in [2.45, 2.75) is 44.7 Å². The lowest BCUT2D eigenvalue weighted by Gasteiger charge is -2.23. The second kappa shape index (κ2) is 6.68. The van der Waals surface area contributed by atoms with Gasteiger partial charge in [0, 0.05) is 12.7 Å². The summed E-state index contributed by atoms with van der Waals surface area (Å²) in [5.41, 5.74) is 5.70. The standard InChI is InChI=1S/C11H22N4O2/c1-2-3-6-15-7-10(13-14-15)4-5-11(12,8-16)9-17/h7,16-17H,2-6,8-9,12H2,1H3. The van der Waals surface area contributed by atoms with E-state index in [9.17, 15) is 0 Å². The first-order valence-electron chi connectivity index (χ1n) is 6.03. The van der Waals surface area contributed by atoms with Gasteiger partial charge in [0.25, 0.3) is 0 Å². The van der Waals surface area contributed by atoms with Gasteiger partial charge in [-0.25, -0.2) is 0 Å². The summed E-state index contributed by atoms with van der Waals surface area (Å²) in [5.74, 6) is 0. The maximum atomic E-state index is 9.06. The number of aromatic nitrogens is 3. The Balaban J connectivity index is 2.44. The number of hydrogen-bond donors (Lipinski definition) is 3. The van der Waals surface area contributed by atoms with Crippen molar-refractivity contribution in [3.05, 3.63) is 11.9 Å². The Morgan fingerprint density at radius 1 is 1.41 bits per heavy atom. The van der Waals surface area contributed by atoms with Crippen molar-refractivity contribution in [3.63, 3.8) is 0 Å². The maximum Gasteiger partial charge on any atom is 0.0827 e. The quantitative estimate of drug-likeness (QED) is 0.581. The van der Waals surface area contributed by atoms with Crippen molar-refractivity contribution < 1.29 is 10.2 Å². The molecule has 0 aliphatic rings. The summed E-state index contributed by atoms with van der Waals surface area (Å²) in [5, 5.41) is 26.2. The van der Waals surface area contributed by atoms with Gasteiger partial charge >= 0.3 is 0 Å². The zero-order chi connectivity index (χ0) is 12.7. The van der Waals surface area contributed by atoms with Crippen molar-refractivity contribution in [1.82, 2.24) is 15.0 Å². The van der Waals surface area contributed by atoms with E-state index in [4.69, 9.17) is 15.9 Å². The van der Waals surface area contributed by atoms with E-state index < -0.39 is 5.54 Å². The van der Waals surface area contributed by atoms with Gasteiger partial charge in [0.05, 0.1) is 24.4 Å². The van der Waals surface area contributed by atoms with Crippen LogP contribution in [-0.4, -0.2) is 44.0 Å². The van der Waals surface area contributed by atoms with Gasteiger partial charge in [-0.05, 0) is 19.3 Å². The van der Waals surface area contributed by atoms with Gasteiger partial charge in [-0.15, -0.1) is 5.10 Å². The zero-order valence-corrected chi connectivity index (χ0v) is 10.3. The molecule has 0 amide bonds. The number of aryl methyl sites for hydroxylation is 2. The predicted molar refractivity (Wildman–Crippen MR) is 64.3 cm³/mol. The highest BCUT2D eigenvalue weighted by Gasteiger charge is 2.23. The zero-order valence-electron chi connectivity index (χ0n) is 10.3. The van der Waals surface area contributed by atoms with Crippen LogP contribution in [0, 0.1) is 0 Å². The SMILES string of the molecule is CCCCn1cc(CCC(N)(CO)CO)nn1. The fraction of sp³-hybridized carbons (Fsp3) is 0.818. The summed E-state index contributed by atoms with van der Waals surface area (Å²) < 4.78 is 1.81. The van der Waals surface area contributed by atoms with Gasteiger partial charge in [-0.1, -0.05) is 18.6 Å². The van der Waals surface area contributed by atoms with Gasteiger partial charge in [-0.3, -0.25) is 4.68 Å². The molecule has 1 rings (SSSR count). The van der Waals surface area contributed by atoms with Gasteiger partial charge < -0.3 is 15.9 Å². The van der Waals surface area contributed by atoms with E-state index in [0.29, 0.717) is 12.8 Å². The fourth-order valence-corrected chi connectivity index (χ4v) is 1.47. The lowest BCUT2D eigenvalue weighted by atomic mass is 9.96. The molecular weight excluding hydrogens is 220 g/mol. The minimum Gasteiger partial charge on any atom is -0.394 e. The number of unbranched alkanes of at least 4 members (excludes halogenated alkanes) is 1. The first kappa shape index (κ1) is 14.1. The molecule has 6 nitrogen and oxygen atoms in total. The van der Waals surface area contributed by atoms with E-state index in [2.05, 4.69) is 17.2 Å². The van der Waals surface area contributed by atoms with E-state index in [1.165, 1.54) is 0 Å². The molecule has 98 valence electrons. The van der Waals surface area contributed by atoms with Crippen molar-refractivity contribution in [2.24, 2.45) is 5.73 Å². The lowest BCUT2D eigenvalue weighted by Crippen LogP contribution is -2.47. The Kier molecular flexibility index (Phi) is 5.54. The molecule has 6 heteroatoms. The average molecular weight is 242 g/mol. The Hall–Kier alpha value is -0.980. The van der Waals surface area contributed by atoms with Crippen LogP contribution in [-0.2, 0) is 13.0 Å². The van der Waals surface area contributed by atoms with E-state index in [0.717, 1.165) is 25.1 Å². The van der Waals surface area contributed by atoms with Crippen molar-refractivity contribution in [3.8, 4) is 0 Å². The Morgan fingerprint density at radius 2 is 2.12 bits per heavy atom. The summed E-state index contributed by atoms with van der Waals surface area (Å²) in [6.07, 6.45) is 5.20. The van der Waals surface area contributed by atoms with Crippen molar-refractivity contribution >= 4 is 0 Å². The molecule has 0 saturated carbocycles. The molecule has 4 N–H and O–H groups in total. The molecule has 0 fully saturated rings. The van der Waals surface area contributed by atoms with Crippen LogP contribution in [0.1, 0.15) is 31.9 Å². The molecule has 0 saturated heterocycles. The number of rotatable bonds is 8. The monoisotopic (exact) mass is 242 g/mol. The molecule has 0 spiro atoms. The summed E-state index contributed by atoms with van der Waals surface area (Å²) in [6, 6.07) is 0. The second-order valence-corrected chi connectivity index (χ2v) is 4.51. The highest BCUT2D eigenvalue weighted by molar-refractivity contribution is 4.96. The van der Waals surface area contributed by atoms with Crippen LogP contribution < -0.4 is 5.73 Å². The molecule has 0 unspecified atom stereocenters. The molecule has 0 bridgehead atoms. The number of aliphatic hydroxyl groups is 2. The number of hydrogen-bond acceptors (Lipinski definition) is 5. The third kappa shape index (κ3) is 4.41. The smallest absolute Gasteiger partial charge is 0.0827 e. The predicted octanol–water partition coefficient (Wildman–Crippen LogP) is -0.307. The second-order valence-electron chi connectivity index (χ2n) is 4.51. The van der Waals surface area contributed by atoms with Gasteiger partial charge in [0.1, 0.15) is 0 Å². The van der Waals surface area contributed by atoms with Crippen molar-refractivity contribution in [1.29, 1.82) is 0 Å². The third-order valence-electron chi connectivity index (χ3n) is 2.84. The molecule has 0 aliphatic carbocycles. The summed E-state index contributed by atoms with van der Waals surface area (Å²) in [6.45, 7) is 2.54. The molecular formula is C11H22N4O2. The molecule has 0 radical (unpaired) electrons. The number of nitrogens with two attached hydrogens (primary N) is 1. The molecule has 1 heterocycles. The highest BCUT2D eigenvalue weighted by Crippen LogP contribution is 2.09. The largest absolute Gasteiger partial charge is 0.394 e. The van der Waals surface area contributed by atoms with Gasteiger partial charge in [-0.2, -0.15) is 0 Å². The molecule has 0 aliphatic heterocycles. The summed E-state index contributed by atoms with van der Waals surface area (Å²) >= 11 is 0. The molecule has 1 aromatic rings. The van der Waals surface area contributed by atoms with Gasteiger partial charge in [0.15, 0.2) is 0 Å². The van der Waals surface area contributed by atoms with E-state index in [1.807, 2.05) is 10.9 Å². The third-order valence-corrected chi connectivity index (χ3v) is 2.84. The Labute approximate surface area is 101 Å². The van der Waals surface area contributed by atoms with Crippen LogP contribution >= 0.6 is 0 Å². The van der Waals surface area contributed by atoms with Crippen LogP contribution in [0.15, 0.2) is 6.20 Å². The van der Waals surface area contributed by atoms with E-state index in [1.54, 1.807) is 0 Å². The average Bonchev–Trinajstić information content (AvgIpc) is 2.81. The van der Waals surface area contributed by atoms with Crippen LogP contribution in [0.25, 0.3) is 0 Å². The van der Waals surface area contributed by atoms with E-state index >= 15 is 0 Å². The van der Waals surface area contributed by atoms with Crippen LogP contribution in [0.4, 0.5) is 0 Å². The first-order chi connectivity index (χ1) is 8.13. The van der Waals surface area contributed by atoms with Gasteiger partial charge in [0.2, 0.25) is 0 Å². The Morgan fingerprint density at radius 3 is 2.71 bits per heavy atom. The van der Waals surface area contributed by atoms with E-state index in [-0.39, 0.29) is 13.2 Å². The molecule has 0 atom stereocenters. The molecule has 0 aromatic carbocycles. The molecule has 17 heavy (non-hydrogen) atoms. The van der Waals surface area contributed by atoms with Crippen LogP contribution in [0.5, 0.6) is 0 Å². The first-order valence-corrected chi connectivity index (χ1v) is 6.03. The highest BCUT2D eigenvalue weighted by atomic mass is 16.3. The molecule has 1 aromatic heterocycles. The van der Waals surface area contributed by atoms with Crippen LogP contribution in [0.3, 0.4) is 0 Å². The summed E-state index contributed by atoms with van der Waals surface area (Å²) in [4.78, 5) is 0. The van der Waals surface area contributed by atoms with Crippen molar-refractivity contribution in [2.75, 3.05) is 13.2 Å². The van der Waals surface area contributed by atoms with Crippen LogP contribution in [0.2, 0.25) is 0 Å². The Bertz CT molecular complexity index is 323. The lowest BCUT2D eigenvalue weighted by molar-refractivity contribution is 0.114.